The summed E-state index contributed by atoms with van der Waals surface area (Å²) in [5, 5.41) is 14.6. The summed E-state index contributed by atoms with van der Waals surface area (Å²) < 4.78 is 5.15. The van der Waals surface area contributed by atoms with Crippen LogP contribution >= 0.6 is 22.9 Å². The highest BCUT2D eigenvalue weighted by Gasteiger charge is 2.23. The van der Waals surface area contributed by atoms with E-state index in [0.29, 0.717) is 28.0 Å². The highest BCUT2D eigenvalue weighted by atomic mass is 35.5. The number of nitrogens with zero attached hydrogens (tertiary/aromatic N) is 1. The van der Waals surface area contributed by atoms with Crippen molar-refractivity contribution in [1.29, 1.82) is 0 Å². The second kappa shape index (κ2) is 9.54. The number of halogens is 1. The first kappa shape index (κ1) is 20.8. The number of hydrogen-bond acceptors (Lipinski definition) is 5. The van der Waals surface area contributed by atoms with Crippen molar-refractivity contribution in [3.63, 3.8) is 0 Å². The normalized spacial score (nSPS) is 11.7. The van der Waals surface area contributed by atoms with Crippen LogP contribution in [0.15, 0.2) is 53.9 Å². The number of carbonyl (C=O) groups excluding carboxylic acids is 1. The molecule has 1 aromatic heterocycles. The van der Waals surface area contributed by atoms with Crippen LogP contribution in [-0.2, 0) is 16.0 Å². The third-order valence-corrected chi connectivity index (χ3v) is 5.35. The average molecular weight is 431 g/mol. The molecule has 0 spiro atoms. The van der Waals surface area contributed by atoms with Crippen molar-refractivity contribution in [3.8, 4) is 17.0 Å². The predicted octanol–water partition coefficient (Wildman–Crippen LogP) is 4.74. The molecule has 1 heterocycles. The van der Waals surface area contributed by atoms with E-state index in [1.165, 1.54) is 11.3 Å². The number of rotatable bonds is 8. The molecule has 0 aliphatic rings. The second-order valence-corrected chi connectivity index (χ2v) is 7.63. The summed E-state index contributed by atoms with van der Waals surface area (Å²) in [5.74, 6) is -1.52. The van der Waals surface area contributed by atoms with Crippen molar-refractivity contribution in [2.75, 3.05) is 12.4 Å². The lowest BCUT2D eigenvalue weighted by Gasteiger charge is -2.14. The number of carboxylic acids is 1. The van der Waals surface area contributed by atoms with E-state index < -0.39 is 11.9 Å². The van der Waals surface area contributed by atoms with Gasteiger partial charge in [-0.3, -0.25) is 9.59 Å². The van der Waals surface area contributed by atoms with Crippen molar-refractivity contribution in [3.05, 3.63) is 64.5 Å². The van der Waals surface area contributed by atoms with Gasteiger partial charge >= 0.3 is 5.97 Å². The summed E-state index contributed by atoms with van der Waals surface area (Å²) >= 11 is 7.43. The number of aromatic nitrogens is 1. The molecular weight excluding hydrogens is 412 g/mol. The minimum atomic E-state index is -1.02. The highest BCUT2D eigenvalue weighted by Crippen LogP contribution is 2.32. The van der Waals surface area contributed by atoms with Gasteiger partial charge in [0.25, 0.3) is 0 Å². The van der Waals surface area contributed by atoms with Crippen LogP contribution in [0.3, 0.4) is 0 Å². The van der Waals surface area contributed by atoms with Crippen molar-refractivity contribution in [1.82, 2.24) is 4.98 Å². The van der Waals surface area contributed by atoms with Crippen molar-refractivity contribution >= 4 is 39.9 Å². The van der Waals surface area contributed by atoms with Crippen LogP contribution < -0.4 is 10.1 Å². The van der Waals surface area contributed by atoms with Crippen LogP contribution in [0.25, 0.3) is 11.3 Å². The molecule has 1 unspecified atom stereocenters. The lowest BCUT2D eigenvalue weighted by molar-refractivity contribution is -0.140. The molecule has 2 N–H and O–H groups in total. The summed E-state index contributed by atoms with van der Waals surface area (Å²) in [6.45, 7) is 0. The first-order valence-corrected chi connectivity index (χ1v) is 10.1. The molecule has 0 saturated heterocycles. The average Bonchev–Trinajstić information content (AvgIpc) is 3.16. The number of benzene rings is 2. The van der Waals surface area contributed by atoms with E-state index in [9.17, 15) is 14.7 Å². The van der Waals surface area contributed by atoms with Gasteiger partial charge in [0.15, 0.2) is 5.13 Å². The molecule has 3 aromatic rings. The number of hydrogen-bond donors (Lipinski definition) is 2. The fraction of sp³-hybridized carbons (Fsp3) is 0.190. The maximum absolute atomic E-state index is 12.7. The fourth-order valence-corrected chi connectivity index (χ4v) is 3.84. The SMILES string of the molecule is COc1ccc(-c2csc(NC(=O)C(CC(=O)O)Cc3ccccc3)n2)cc1Cl. The summed E-state index contributed by atoms with van der Waals surface area (Å²) in [5.41, 5.74) is 2.35. The molecule has 0 fully saturated rings. The zero-order chi connectivity index (χ0) is 20.8. The van der Waals surface area contributed by atoms with Crippen molar-refractivity contribution in [2.24, 2.45) is 5.92 Å². The summed E-state index contributed by atoms with van der Waals surface area (Å²) in [4.78, 5) is 28.3. The standard InChI is InChI=1S/C21H19ClN2O4S/c1-28-18-8-7-14(10-16(18)22)17-12-29-21(23-17)24-20(27)15(11-19(25)26)9-13-5-3-2-4-6-13/h2-8,10,12,15H,9,11H2,1H3,(H,25,26)(H,23,24,27). The molecule has 0 aliphatic carbocycles. The van der Waals surface area contributed by atoms with E-state index in [1.807, 2.05) is 36.4 Å². The third kappa shape index (κ3) is 5.56. The van der Waals surface area contributed by atoms with Gasteiger partial charge in [-0.15, -0.1) is 11.3 Å². The van der Waals surface area contributed by atoms with Crippen molar-refractivity contribution in [2.45, 2.75) is 12.8 Å². The predicted molar refractivity (Wildman–Crippen MR) is 114 cm³/mol. The molecule has 0 bridgehead atoms. The quantitative estimate of drug-likeness (QED) is 0.538. The summed E-state index contributed by atoms with van der Waals surface area (Å²) in [6, 6.07) is 14.7. The number of carboxylic acid groups (broad SMARTS) is 1. The van der Waals surface area contributed by atoms with E-state index in [1.54, 1.807) is 24.6 Å². The summed E-state index contributed by atoms with van der Waals surface area (Å²) in [7, 11) is 1.54. The zero-order valence-corrected chi connectivity index (χ0v) is 17.2. The topological polar surface area (TPSA) is 88.5 Å². The number of thiazole rings is 1. The molecule has 0 saturated carbocycles. The number of methoxy groups -OCH3 is 1. The molecule has 2 aromatic carbocycles. The van der Waals surface area contributed by atoms with E-state index in [0.717, 1.165) is 11.1 Å². The maximum Gasteiger partial charge on any atom is 0.304 e. The largest absolute Gasteiger partial charge is 0.495 e. The Morgan fingerprint density at radius 2 is 2.00 bits per heavy atom. The molecule has 29 heavy (non-hydrogen) atoms. The van der Waals surface area contributed by atoms with Gasteiger partial charge in [0.05, 0.1) is 30.2 Å². The first-order chi connectivity index (χ1) is 14.0. The Balaban J connectivity index is 1.73. The van der Waals surface area contributed by atoms with Gasteiger partial charge in [-0.05, 0) is 30.2 Å². The lowest BCUT2D eigenvalue weighted by Crippen LogP contribution is -2.27. The van der Waals surface area contributed by atoms with Gasteiger partial charge in [0.2, 0.25) is 5.91 Å². The van der Waals surface area contributed by atoms with Crippen LogP contribution in [0.5, 0.6) is 5.75 Å². The number of amides is 1. The van der Waals surface area contributed by atoms with Crippen molar-refractivity contribution < 1.29 is 19.4 Å². The van der Waals surface area contributed by atoms with Gasteiger partial charge in [-0.2, -0.15) is 0 Å². The molecule has 3 rings (SSSR count). The number of aliphatic carboxylic acids is 1. The molecule has 0 radical (unpaired) electrons. The van der Waals surface area contributed by atoms with E-state index in [-0.39, 0.29) is 12.3 Å². The minimum Gasteiger partial charge on any atom is -0.495 e. The number of anilines is 1. The van der Waals surface area contributed by atoms with E-state index >= 15 is 0 Å². The Hall–Kier alpha value is -2.90. The third-order valence-electron chi connectivity index (χ3n) is 4.30. The smallest absolute Gasteiger partial charge is 0.304 e. The fourth-order valence-electron chi connectivity index (χ4n) is 2.86. The molecule has 6 nitrogen and oxygen atoms in total. The number of ether oxygens (including phenoxy) is 1. The lowest BCUT2D eigenvalue weighted by atomic mass is 9.95. The monoisotopic (exact) mass is 430 g/mol. The molecule has 1 atom stereocenters. The summed E-state index contributed by atoms with van der Waals surface area (Å²) in [6.07, 6.45) is 0.0817. The van der Waals surface area contributed by atoms with Gasteiger partial charge in [0.1, 0.15) is 5.75 Å². The Bertz CT molecular complexity index is 1010. The van der Waals surface area contributed by atoms with Gasteiger partial charge in [-0.25, -0.2) is 4.98 Å². The van der Waals surface area contributed by atoms with Crippen LogP contribution in [0.2, 0.25) is 5.02 Å². The van der Waals surface area contributed by atoms with Gasteiger partial charge in [0, 0.05) is 10.9 Å². The number of nitrogens with one attached hydrogen (secondary N) is 1. The van der Waals surface area contributed by atoms with Gasteiger partial charge < -0.3 is 15.2 Å². The molecule has 1 amide bonds. The Morgan fingerprint density at radius 1 is 1.24 bits per heavy atom. The Morgan fingerprint density at radius 3 is 2.66 bits per heavy atom. The van der Waals surface area contributed by atoms with Crippen LogP contribution in [0.1, 0.15) is 12.0 Å². The van der Waals surface area contributed by atoms with Crippen LogP contribution in [0, 0.1) is 5.92 Å². The first-order valence-electron chi connectivity index (χ1n) is 8.82. The molecule has 0 aliphatic heterocycles. The second-order valence-electron chi connectivity index (χ2n) is 6.36. The van der Waals surface area contributed by atoms with Crippen LogP contribution in [-0.4, -0.2) is 29.1 Å². The zero-order valence-electron chi connectivity index (χ0n) is 15.6. The molecule has 150 valence electrons. The molecule has 8 heteroatoms. The molecular formula is C21H19ClN2O4S. The maximum atomic E-state index is 12.7. The Labute approximate surface area is 177 Å². The highest BCUT2D eigenvalue weighted by molar-refractivity contribution is 7.14. The Kier molecular flexibility index (Phi) is 6.85. The van der Waals surface area contributed by atoms with Gasteiger partial charge in [-0.1, -0.05) is 41.9 Å². The van der Waals surface area contributed by atoms with Crippen LogP contribution in [0.4, 0.5) is 5.13 Å². The van der Waals surface area contributed by atoms with E-state index in [2.05, 4.69) is 10.3 Å². The van der Waals surface area contributed by atoms with E-state index in [4.69, 9.17) is 16.3 Å². The minimum absolute atomic E-state index is 0.257. The number of carbonyl (C=O) groups is 2.